The summed E-state index contributed by atoms with van der Waals surface area (Å²) in [5.74, 6) is 0.685. The summed E-state index contributed by atoms with van der Waals surface area (Å²) < 4.78 is 0. The SMILES string of the molecule is CC(C)NC1(CN)CC(C)(C)CC1C. The lowest BCUT2D eigenvalue weighted by Crippen LogP contribution is -2.56. The highest BCUT2D eigenvalue weighted by atomic mass is 15.0. The lowest BCUT2D eigenvalue weighted by molar-refractivity contribution is 0.238. The molecule has 0 radical (unpaired) electrons. The van der Waals surface area contributed by atoms with Crippen molar-refractivity contribution in [3.05, 3.63) is 0 Å². The van der Waals surface area contributed by atoms with Crippen LogP contribution >= 0.6 is 0 Å². The van der Waals surface area contributed by atoms with Gasteiger partial charge in [-0.05, 0) is 24.2 Å². The molecule has 0 saturated heterocycles. The Hall–Kier alpha value is -0.0800. The Kier molecular flexibility index (Phi) is 3.27. The molecule has 0 amide bonds. The topological polar surface area (TPSA) is 38.0 Å². The van der Waals surface area contributed by atoms with Gasteiger partial charge in [-0.3, -0.25) is 0 Å². The smallest absolute Gasteiger partial charge is 0.0337 e. The molecule has 2 heteroatoms. The van der Waals surface area contributed by atoms with Crippen LogP contribution in [0.3, 0.4) is 0 Å². The Balaban J connectivity index is 2.79. The van der Waals surface area contributed by atoms with Crippen LogP contribution in [0.5, 0.6) is 0 Å². The van der Waals surface area contributed by atoms with Crippen molar-refractivity contribution < 1.29 is 0 Å². The first-order chi connectivity index (χ1) is 6.31. The van der Waals surface area contributed by atoms with E-state index in [0.29, 0.717) is 17.4 Å². The molecule has 1 rings (SSSR count). The standard InChI is InChI=1S/C12H26N2/c1-9(2)14-12(8-13)7-11(4,5)6-10(12)3/h9-10,14H,6-8,13H2,1-5H3. The molecule has 3 N–H and O–H groups in total. The monoisotopic (exact) mass is 198 g/mol. The van der Waals surface area contributed by atoms with E-state index in [1.165, 1.54) is 12.8 Å². The summed E-state index contributed by atoms with van der Waals surface area (Å²) in [4.78, 5) is 0. The maximum absolute atomic E-state index is 5.97. The van der Waals surface area contributed by atoms with Gasteiger partial charge in [0.1, 0.15) is 0 Å². The van der Waals surface area contributed by atoms with Crippen LogP contribution in [-0.2, 0) is 0 Å². The van der Waals surface area contributed by atoms with E-state index < -0.39 is 0 Å². The minimum atomic E-state index is 0.178. The maximum Gasteiger partial charge on any atom is 0.0337 e. The van der Waals surface area contributed by atoms with E-state index in [1.54, 1.807) is 0 Å². The van der Waals surface area contributed by atoms with Crippen molar-refractivity contribution in [3.63, 3.8) is 0 Å². The van der Waals surface area contributed by atoms with Gasteiger partial charge < -0.3 is 11.1 Å². The lowest BCUT2D eigenvalue weighted by atomic mass is 9.86. The summed E-state index contributed by atoms with van der Waals surface area (Å²) in [6.45, 7) is 12.2. The predicted octanol–water partition coefficient (Wildman–Crippen LogP) is 2.14. The first-order valence-corrected chi connectivity index (χ1v) is 5.79. The first kappa shape index (κ1) is 12.0. The van der Waals surface area contributed by atoms with Crippen molar-refractivity contribution in [2.45, 2.75) is 59.0 Å². The molecule has 0 aromatic heterocycles. The molecule has 1 saturated carbocycles. The van der Waals surface area contributed by atoms with E-state index in [4.69, 9.17) is 5.73 Å². The van der Waals surface area contributed by atoms with Gasteiger partial charge in [-0.1, -0.05) is 34.6 Å². The third-order valence-corrected chi connectivity index (χ3v) is 3.54. The zero-order chi connectivity index (χ0) is 11.0. The van der Waals surface area contributed by atoms with Crippen LogP contribution in [0.15, 0.2) is 0 Å². The zero-order valence-electron chi connectivity index (χ0n) is 10.4. The number of hydrogen-bond acceptors (Lipinski definition) is 2. The molecule has 2 atom stereocenters. The third kappa shape index (κ3) is 2.29. The number of nitrogens with one attached hydrogen (secondary N) is 1. The summed E-state index contributed by atoms with van der Waals surface area (Å²) in [5, 5.41) is 3.69. The van der Waals surface area contributed by atoms with Gasteiger partial charge in [-0.25, -0.2) is 0 Å². The maximum atomic E-state index is 5.97. The molecular formula is C12H26N2. The van der Waals surface area contributed by atoms with Crippen molar-refractivity contribution in [1.29, 1.82) is 0 Å². The molecule has 0 spiro atoms. The van der Waals surface area contributed by atoms with E-state index in [-0.39, 0.29) is 5.54 Å². The summed E-state index contributed by atoms with van der Waals surface area (Å²) in [6, 6.07) is 0.523. The molecule has 1 fully saturated rings. The molecule has 84 valence electrons. The normalized spacial score (nSPS) is 36.6. The third-order valence-electron chi connectivity index (χ3n) is 3.54. The molecule has 0 aromatic rings. The molecule has 0 aliphatic heterocycles. The minimum Gasteiger partial charge on any atom is -0.329 e. The number of rotatable bonds is 3. The van der Waals surface area contributed by atoms with Crippen molar-refractivity contribution in [2.24, 2.45) is 17.1 Å². The summed E-state index contributed by atoms with van der Waals surface area (Å²) in [5.41, 5.74) is 6.59. The van der Waals surface area contributed by atoms with Gasteiger partial charge >= 0.3 is 0 Å². The Morgan fingerprint density at radius 2 is 2.00 bits per heavy atom. The Morgan fingerprint density at radius 3 is 2.29 bits per heavy atom. The van der Waals surface area contributed by atoms with Gasteiger partial charge in [0.2, 0.25) is 0 Å². The molecule has 0 aromatic carbocycles. The Morgan fingerprint density at radius 1 is 1.43 bits per heavy atom. The minimum absolute atomic E-state index is 0.178. The largest absolute Gasteiger partial charge is 0.329 e. The van der Waals surface area contributed by atoms with Crippen molar-refractivity contribution >= 4 is 0 Å². The summed E-state index contributed by atoms with van der Waals surface area (Å²) in [7, 11) is 0. The highest BCUT2D eigenvalue weighted by Crippen LogP contribution is 2.47. The van der Waals surface area contributed by atoms with Gasteiger partial charge in [0.05, 0.1) is 0 Å². The van der Waals surface area contributed by atoms with Gasteiger partial charge in [-0.15, -0.1) is 0 Å². The predicted molar refractivity (Wildman–Crippen MR) is 62.2 cm³/mol. The second-order valence-corrected chi connectivity index (χ2v) is 6.11. The van der Waals surface area contributed by atoms with Crippen LogP contribution in [0, 0.1) is 11.3 Å². The quantitative estimate of drug-likeness (QED) is 0.729. The van der Waals surface area contributed by atoms with Crippen LogP contribution in [-0.4, -0.2) is 18.1 Å². The molecule has 14 heavy (non-hydrogen) atoms. The Labute approximate surface area is 88.6 Å². The van der Waals surface area contributed by atoms with Crippen molar-refractivity contribution in [2.75, 3.05) is 6.54 Å². The van der Waals surface area contributed by atoms with Crippen molar-refractivity contribution in [1.82, 2.24) is 5.32 Å². The van der Waals surface area contributed by atoms with Crippen LogP contribution in [0.2, 0.25) is 0 Å². The Bertz CT molecular complexity index is 198. The van der Waals surface area contributed by atoms with Crippen LogP contribution < -0.4 is 11.1 Å². The average Bonchev–Trinajstić information content (AvgIpc) is 2.21. The fraction of sp³-hybridized carbons (Fsp3) is 1.00. The van der Waals surface area contributed by atoms with E-state index in [2.05, 4.69) is 39.9 Å². The van der Waals surface area contributed by atoms with Gasteiger partial charge in [0.15, 0.2) is 0 Å². The molecule has 2 unspecified atom stereocenters. The molecule has 2 nitrogen and oxygen atoms in total. The molecule has 0 heterocycles. The van der Waals surface area contributed by atoms with E-state index in [1.807, 2.05) is 0 Å². The van der Waals surface area contributed by atoms with Gasteiger partial charge in [0, 0.05) is 18.1 Å². The molecule has 0 bridgehead atoms. The van der Waals surface area contributed by atoms with E-state index in [9.17, 15) is 0 Å². The van der Waals surface area contributed by atoms with Crippen LogP contribution in [0.1, 0.15) is 47.5 Å². The lowest BCUT2D eigenvalue weighted by Gasteiger charge is -2.36. The van der Waals surface area contributed by atoms with Crippen LogP contribution in [0.4, 0.5) is 0 Å². The summed E-state index contributed by atoms with van der Waals surface area (Å²) in [6.07, 6.45) is 2.49. The number of nitrogens with two attached hydrogens (primary N) is 1. The average molecular weight is 198 g/mol. The molecular weight excluding hydrogens is 172 g/mol. The molecule has 1 aliphatic rings. The highest BCUT2D eigenvalue weighted by molar-refractivity contribution is 5.05. The fourth-order valence-corrected chi connectivity index (χ4v) is 3.23. The van der Waals surface area contributed by atoms with Crippen LogP contribution in [0.25, 0.3) is 0 Å². The zero-order valence-corrected chi connectivity index (χ0v) is 10.4. The van der Waals surface area contributed by atoms with E-state index >= 15 is 0 Å². The van der Waals surface area contributed by atoms with Gasteiger partial charge in [-0.2, -0.15) is 0 Å². The van der Waals surface area contributed by atoms with Gasteiger partial charge in [0.25, 0.3) is 0 Å². The van der Waals surface area contributed by atoms with E-state index in [0.717, 1.165) is 6.54 Å². The van der Waals surface area contributed by atoms with Crippen molar-refractivity contribution in [3.8, 4) is 0 Å². The second-order valence-electron chi connectivity index (χ2n) is 6.11. The fourth-order valence-electron chi connectivity index (χ4n) is 3.23. The number of hydrogen-bond donors (Lipinski definition) is 2. The molecule has 1 aliphatic carbocycles. The first-order valence-electron chi connectivity index (χ1n) is 5.79. The second kappa shape index (κ2) is 3.82. The summed E-state index contributed by atoms with van der Waals surface area (Å²) >= 11 is 0. The highest BCUT2D eigenvalue weighted by Gasteiger charge is 2.47.